The van der Waals surface area contributed by atoms with E-state index in [0.717, 1.165) is 6.42 Å². The second-order valence-corrected chi connectivity index (χ2v) is 5.79. The number of aliphatic carboxylic acids is 1. The molecule has 0 aromatic carbocycles. The Labute approximate surface area is 156 Å². The zero-order chi connectivity index (χ0) is 20.8. The molecule has 2 unspecified atom stereocenters. The summed E-state index contributed by atoms with van der Waals surface area (Å²) in [5.41, 5.74) is 11.0. The van der Waals surface area contributed by atoms with Gasteiger partial charge in [-0.15, -0.1) is 0 Å². The Morgan fingerprint density at radius 1 is 0.889 bits per heavy atom. The van der Waals surface area contributed by atoms with Crippen molar-refractivity contribution in [2.24, 2.45) is 11.5 Å². The van der Waals surface area contributed by atoms with Gasteiger partial charge in [-0.05, 0) is 26.3 Å². The summed E-state index contributed by atoms with van der Waals surface area (Å²) in [4.78, 5) is 56.8. The third-order valence-electron chi connectivity index (χ3n) is 3.36. The van der Waals surface area contributed by atoms with Crippen molar-refractivity contribution in [1.82, 2.24) is 21.3 Å². The molecule has 0 spiro atoms. The van der Waals surface area contributed by atoms with E-state index in [0.29, 0.717) is 19.4 Å². The topological polar surface area (TPSA) is 206 Å². The fourth-order valence-electron chi connectivity index (χ4n) is 1.85. The summed E-state index contributed by atoms with van der Waals surface area (Å²) < 4.78 is 0. The van der Waals surface area contributed by atoms with Crippen LogP contribution in [-0.4, -0.2) is 73.0 Å². The van der Waals surface area contributed by atoms with Gasteiger partial charge in [-0.1, -0.05) is 6.42 Å². The largest absolute Gasteiger partial charge is 0.480 e. The lowest BCUT2D eigenvalue weighted by Gasteiger charge is -2.14. The smallest absolute Gasteiger partial charge is 0.322 e. The maximum Gasteiger partial charge on any atom is 0.322 e. The lowest BCUT2D eigenvalue weighted by Crippen LogP contribution is -2.50. The molecule has 2 atom stereocenters. The van der Waals surface area contributed by atoms with Gasteiger partial charge in [0.05, 0.1) is 19.1 Å². The molecule has 0 saturated carbocycles. The van der Waals surface area contributed by atoms with E-state index in [2.05, 4.69) is 21.3 Å². The highest BCUT2D eigenvalue weighted by atomic mass is 16.4. The van der Waals surface area contributed by atoms with Crippen LogP contribution in [0, 0.1) is 0 Å². The van der Waals surface area contributed by atoms with Gasteiger partial charge in [-0.3, -0.25) is 24.0 Å². The highest BCUT2D eigenvalue weighted by molar-refractivity contribution is 5.92. The van der Waals surface area contributed by atoms with Crippen molar-refractivity contribution in [3.05, 3.63) is 0 Å². The number of carbonyl (C=O) groups is 5. The second-order valence-electron chi connectivity index (χ2n) is 5.79. The summed E-state index contributed by atoms with van der Waals surface area (Å²) in [7, 11) is 0. The molecule has 0 bridgehead atoms. The lowest BCUT2D eigenvalue weighted by molar-refractivity contribution is -0.138. The molecule has 154 valence electrons. The number of carboxylic acid groups (broad SMARTS) is 1. The SMILES string of the molecule is CC(NC(=O)CNC(=O)CNC(=O)C(N)CCCCN)C(=O)NCC(=O)O. The molecule has 9 N–H and O–H groups in total. The summed E-state index contributed by atoms with van der Waals surface area (Å²) >= 11 is 0. The van der Waals surface area contributed by atoms with Crippen molar-refractivity contribution in [2.75, 3.05) is 26.2 Å². The number of nitrogens with two attached hydrogens (primary N) is 2. The summed E-state index contributed by atoms with van der Waals surface area (Å²) in [6, 6.07) is -1.71. The molecular weight excluding hydrogens is 360 g/mol. The number of hydrogen-bond donors (Lipinski definition) is 7. The molecule has 12 nitrogen and oxygen atoms in total. The van der Waals surface area contributed by atoms with Crippen molar-refractivity contribution in [2.45, 2.75) is 38.3 Å². The van der Waals surface area contributed by atoms with Crippen LogP contribution in [0.15, 0.2) is 0 Å². The van der Waals surface area contributed by atoms with E-state index >= 15 is 0 Å². The van der Waals surface area contributed by atoms with Crippen molar-refractivity contribution in [3.8, 4) is 0 Å². The third kappa shape index (κ3) is 12.3. The standard InChI is InChI=1S/C15H28N6O6/c1-9(14(26)20-8-13(24)25)21-12(23)7-18-11(22)6-19-15(27)10(17)4-2-3-5-16/h9-10H,2-8,16-17H2,1H3,(H,18,22)(H,19,27)(H,20,26)(H,21,23)(H,24,25). The van der Waals surface area contributed by atoms with Gasteiger partial charge >= 0.3 is 5.97 Å². The molecular formula is C15H28N6O6. The van der Waals surface area contributed by atoms with Crippen LogP contribution in [0.4, 0.5) is 0 Å². The van der Waals surface area contributed by atoms with Crippen LogP contribution in [0.1, 0.15) is 26.2 Å². The van der Waals surface area contributed by atoms with Gasteiger partial charge in [0.2, 0.25) is 23.6 Å². The normalized spacial score (nSPS) is 12.4. The van der Waals surface area contributed by atoms with Crippen LogP contribution in [-0.2, 0) is 24.0 Å². The fraction of sp³-hybridized carbons (Fsp3) is 0.667. The van der Waals surface area contributed by atoms with Crippen molar-refractivity contribution < 1.29 is 29.1 Å². The Bertz CT molecular complexity index is 541. The minimum atomic E-state index is -1.21. The van der Waals surface area contributed by atoms with Crippen molar-refractivity contribution in [1.29, 1.82) is 0 Å². The van der Waals surface area contributed by atoms with E-state index in [-0.39, 0.29) is 6.54 Å². The summed E-state index contributed by atoms with van der Waals surface area (Å²) in [6.45, 7) is 0.560. The van der Waals surface area contributed by atoms with Crippen LogP contribution < -0.4 is 32.7 Å². The molecule has 0 radical (unpaired) electrons. The molecule has 0 aliphatic heterocycles. The monoisotopic (exact) mass is 388 g/mol. The minimum absolute atomic E-state index is 0.342. The highest BCUT2D eigenvalue weighted by Gasteiger charge is 2.17. The van der Waals surface area contributed by atoms with Crippen LogP contribution in [0.2, 0.25) is 0 Å². The van der Waals surface area contributed by atoms with Gasteiger partial charge < -0.3 is 37.8 Å². The molecule has 12 heteroatoms. The first-order valence-corrected chi connectivity index (χ1v) is 8.46. The highest BCUT2D eigenvalue weighted by Crippen LogP contribution is 1.97. The van der Waals surface area contributed by atoms with E-state index < -0.39 is 54.8 Å². The second kappa shape index (κ2) is 13.5. The molecule has 4 amide bonds. The van der Waals surface area contributed by atoms with Crippen molar-refractivity contribution in [3.63, 3.8) is 0 Å². The van der Waals surface area contributed by atoms with Crippen LogP contribution in [0.25, 0.3) is 0 Å². The average molecular weight is 388 g/mol. The van der Waals surface area contributed by atoms with E-state index in [1.807, 2.05) is 0 Å². The molecule has 27 heavy (non-hydrogen) atoms. The number of carbonyl (C=O) groups excluding carboxylic acids is 4. The number of nitrogens with one attached hydrogen (secondary N) is 4. The predicted octanol–water partition coefficient (Wildman–Crippen LogP) is -3.62. The predicted molar refractivity (Wildman–Crippen MR) is 95.2 cm³/mol. The van der Waals surface area contributed by atoms with Crippen LogP contribution in [0.5, 0.6) is 0 Å². The van der Waals surface area contributed by atoms with Gasteiger partial charge in [-0.25, -0.2) is 0 Å². The number of amides is 4. The van der Waals surface area contributed by atoms with Gasteiger partial charge in [-0.2, -0.15) is 0 Å². The summed E-state index contributed by atoms with van der Waals surface area (Å²) in [6.07, 6.45) is 1.91. The third-order valence-corrected chi connectivity index (χ3v) is 3.36. The Kier molecular flexibility index (Phi) is 12.1. The number of carboxylic acids is 1. The Morgan fingerprint density at radius 3 is 2.07 bits per heavy atom. The van der Waals surface area contributed by atoms with E-state index in [9.17, 15) is 24.0 Å². The Hall–Kier alpha value is -2.73. The molecule has 0 aliphatic carbocycles. The van der Waals surface area contributed by atoms with Crippen LogP contribution in [0.3, 0.4) is 0 Å². The Morgan fingerprint density at radius 2 is 1.48 bits per heavy atom. The minimum Gasteiger partial charge on any atom is -0.480 e. The molecule has 0 aliphatic rings. The lowest BCUT2D eigenvalue weighted by atomic mass is 10.1. The molecule has 0 saturated heterocycles. The van der Waals surface area contributed by atoms with Gasteiger partial charge in [0.15, 0.2) is 0 Å². The zero-order valence-corrected chi connectivity index (χ0v) is 15.2. The average Bonchev–Trinajstić information content (AvgIpc) is 2.62. The van der Waals surface area contributed by atoms with E-state index in [4.69, 9.17) is 16.6 Å². The zero-order valence-electron chi connectivity index (χ0n) is 15.2. The number of unbranched alkanes of at least 4 members (excludes halogenated alkanes) is 1. The molecule has 0 heterocycles. The first kappa shape index (κ1) is 24.3. The summed E-state index contributed by atoms with van der Waals surface area (Å²) in [5, 5.41) is 17.5. The molecule has 0 aromatic rings. The first-order chi connectivity index (χ1) is 12.7. The number of hydrogen-bond acceptors (Lipinski definition) is 7. The number of rotatable bonds is 13. The summed E-state index contributed by atoms with van der Waals surface area (Å²) in [5.74, 6) is -3.61. The molecule has 0 rings (SSSR count). The molecule has 0 fully saturated rings. The maximum absolute atomic E-state index is 11.7. The van der Waals surface area contributed by atoms with Gasteiger partial charge in [0.1, 0.15) is 12.6 Å². The first-order valence-electron chi connectivity index (χ1n) is 8.46. The van der Waals surface area contributed by atoms with Crippen molar-refractivity contribution >= 4 is 29.6 Å². The Balaban J connectivity index is 4.02. The van der Waals surface area contributed by atoms with E-state index in [1.54, 1.807) is 0 Å². The van der Waals surface area contributed by atoms with E-state index in [1.165, 1.54) is 6.92 Å². The fourth-order valence-corrected chi connectivity index (χ4v) is 1.85. The molecule has 0 aromatic heterocycles. The maximum atomic E-state index is 11.7. The van der Waals surface area contributed by atoms with Gasteiger partial charge in [0.25, 0.3) is 0 Å². The quantitative estimate of drug-likeness (QED) is 0.156. The van der Waals surface area contributed by atoms with Gasteiger partial charge in [0, 0.05) is 0 Å². The van der Waals surface area contributed by atoms with Crippen LogP contribution >= 0.6 is 0 Å².